The molecule has 0 spiro atoms. The molecule has 1 aliphatic heterocycles. The van der Waals surface area contributed by atoms with Gasteiger partial charge in [0, 0.05) is 13.1 Å². The Hall–Kier alpha value is -2.21. The fraction of sp³-hybridized carbons (Fsp3) is 0.471. The van der Waals surface area contributed by atoms with Crippen molar-refractivity contribution in [2.24, 2.45) is 5.92 Å². The average molecular weight is 314 g/mol. The Balaban J connectivity index is 1.81. The van der Waals surface area contributed by atoms with Gasteiger partial charge in [0.25, 0.3) is 5.91 Å². The van der Waals surface area contributed by atoms with Crippen LogP contribution in [0.25, 0.3) is 5.69 Å². The molecular weight excluding hydrogens is 292 g/mol. The molecule has 1 amide bonds. The third kappa shape index (κ3) is 3.59. The van der Waals surface area contributed by atoms with Crippen molar-refractivity contribution in [3.8, 4) is 5.69 Å². The summed E-state index contributed by atoms with van der Waals surface area (Å²) in [6, 6.07) is 7.49. The van der Waals surface area contributed by atoms with Crippen molar-refractivity contribution < 1.29 is 9.53 Å². The van der Waals surface area contributed by atoms with Gasteiger partial charge in [0.05, 0.1) is 24.0 Å². The summed E-state index contributed by atoms with van der Waals surface area (Å²) in [5.74, 6) is 0.575. The van der Waals surface area contributed by atoms with Crippen LogP contribution < -0.4 is 0 Å². The highest BCUT2D eigenvalue weighted by atomic mass is 16.5. The summed E-state index contributed by atoms with van der Waals surface area (Å²) >= 11 is 0. The first-order chi connectivity index (χ1) is 11.1. The molecule has 2 aromatic rings. The number of morpholine rings is 1. The molecule has 2 heterocycles. The predicted octanol–water partition coefficient (Wildman–Crippen LogP) is 2.15. The molecule has 0 radical (unpaired) electrons. The van der Waals surface area contributed by atoms with Crippen molar-refractivity contribution in [1.82, 2.24) is 19.7 Å². The zero-order valence-corrected chi connectivity index (χ0v) is 13.6. The van der Waals surface area contributed by atoms with Crippen molar-refractivity contribution in [1.29, 1.82) is 0 Å². The van der Waals surface area contributed by atoms with Gasteiger partial charge >= 0.3 is 0 Å². The Morgan fingerprint density at radius 1 is 1.39 bits per heavy atom. The van der Waals surface area contributed by atoms with Crippen molar-refractivity contribution in [3.63, 3.8) is 0 Å². The molecule has 1 atom stereocenters. The predicted molar refractivity (Wildman–Crippen MR) is 86.5 cm³/mol. The molecule has 0 bridgehead atoms. The van der Waals surface area contributed by atoms with Crippen LogP contribution >= 0.6 is 0 Å². The lowest BCUT2D eigenvalue weighted by molar-refractivity contribution is -0.0298. The molecule has 0 saturated carbocycles. The number of benzene rings is 1. The van der Waals surface area contributed by atoms with Crippen molar-refractivity contribution in [2.45, 2.75) is 26.4 Å². The number of hydrogen-bond acceptors (Lipinski definition) is 4. The van der Waals surface area contributed by atoms with Gasteiger partial charge in [-0.05, 0) is 24.5 Å². The minimum Gasteiger partial charge on any atom is -0.375 e. The maximum atomic E-state index is 13.0. The SMILES string of the molecule is CC(C)CC1CN(C(=O)c2ccccc2-n2cncn2)CCO1. The number of rotatable bonds is 4. The highest BCUT2D eigenvalue weighted by molar-refractivity contribution is 5.97. The Bertz CT molecular complexity index is 654. The van der Waals surface area contributed by atoms with E-state index in [0.29, 0.717) is 31.2 Å². The normalized spacial score (nSPS) is 18.4. The Morgan fingerprint density at radius 3 is 2.96 bits per heavy atom. The van der Waals surface area contributed by atoms with Crippen LogP contribution in [0.3, 0.4) is 0 Å². The highest BCUT2D eigenvalue weighted by Crippen LogP contribution is 2.19. The fourth-order valence-corrected chi connectivity index (χ4v) is 2.93. The second-order valence-electron chi connectivity index (χ2n) is 6.23. The molecule has 1 aliphatic rings. The summed E-state index contributed by atoms with van der Waals surface area (Å²) in [5.41, 5.74) is 1.39. The molecule has 1 aromatic carbocycles. The number of hydrogen-bond donors (Lipinski definition) is 0. The molecule has 1 fully saturated rings. The van der Waals surface area contributed by atoms with Crippen molar-refractivity contribution in [3.05, 3.63) is 42.5 Å². The first kappa shape index (κ1) is 15.7. The number of carbonyl (C=O) groups excluding carboxylic acids is 1. The summed E-state index contributed by atoms with van der Waals surface area (Å²) < 4.78 is 7.41. The Kier molecular flexibility index (Phi) is 4.71. The highest BCUT2D eigenvalue weighted by Gasteiger charge is 2.27. The first-order valence-electron chi connectivity index (χ1n) is 8.00. The van der Waals surface area contributed by atoms with E-state index in [4.69, 9.17) is 4.74 Å². The molecule has 0 N–H and O–H groups in total. The number of carbonyl (C=O) groups is 1. The molecule has 3 rings (SSSR count). The molecule has 6 heteroatoms. The van der Waals surface area contributed by atoms with Crippen molar-refractivity contribution >= 4 is 5.91 Å². The molecule has 6 nitrogen and oxygen atoms in total. The molecule has 1 unspecified atom stereocenters. The van der Waals surface area contributed by atoms with Gasteiger partial charge in [0.1, 0.15) is 12.7 Å². The third-order valence-electron chi connectivity index (χ3n) is 3.96. The van der Waals surface area contributed by atoms with E-state index in [1.54, 1.807) is 11.0 Å². The summed E-state index contributed by atoms with van der Waals surface area (Å²) in [7, 11) is 0. The van der Waals surface area contributed by atoms with E-state index in [1.807, 2.05) is 29.2 Å². The molecule has 1 aromatic heterocycles. The van der Waals surface area contributed by atoms with Gasteiger partial charge in [-0.2, -0.15) is 5.10 Å². The van der Waals surface area contributed by atoms with Gasteiger partial charge < -0.3 is 9.64 Å². The van der Waals surface area contributed by atoms with Crippen LogP contribution in [0.15, 0.2) is 36.9 Å². The molecule has 1 saturated heterocycles. The van der Waals surface area contributed by atoms with E-state index in [-0.39, 0.29) is 12.0 Å². The van der Waals surface area contributed by atoms with Crippen LogP contribution in [-0.2, 0) is 4.74 Å². The lowest BCUT2D eigenvalue weighted by Crippen LogP contribution is -2.46. The molecule has 122 valence electrons. The summed E-state index contributed by atoms with van der Waals surface area (Å²) in [4.78, 5) is 18.8. The van der Waals surface area contributed by atoms with Gasteiger partial charge in [-0.15, -0.1) is 0 Å². The Morgan fingerprint density at radius 2 is 2.22 bits per heavy atom. The van der Waals surface area contributed by atoms with Crippen molar-refractivity contribution in [2.75, 3.05) is 19.7 Å². The maximum Gasteiger partial charge on any atom is 0.256 e. The minimum absolute atomic E-state index is 0.0214. The monoisotopic (exact) mass is 314 g/mol. The zero-order chi connectivity index (χ0) is 16.2. The van der Waals surface area contributed by atoms with E-state index in [1.165, 1.54) is 6.33 Å². The van der Waals surface area contributed by atoms with Gasteiger partial charge in [0.2, 0.25) is 0 Å². The van der Waals surface area contributed by atoms with Crippen LogP contribution in [0.2, 0.25) is 0 Å². The number of amides is 1. The number of ether oxygens (including phenoxy) is 1. The quantitative estimate of drug-likeness (QED) is 0.867. The lowest BCUT2D eigenvalue weighted by Gasteiger charge is -2.34. The first-order valence-corrected chi connectivity index (χ1v) is 8.00. The maximum absolute atomic E-state index is 13.0. The summed E-state index contributed by atoms with van der Waals surface area (Å²) in [6.07, 6.45) is 4.15. The fourth-order valence-electron chi connectivity index (χ4n) is 2.93. The Labute approximate surface area is 136 Å². The summed E-state index contributed by atoms with van der Waals surface area (Å²) in [5, 5.41) is 4.14. The standard InChI is InChI=1S/C17H22N4O2/c1-13(2)9-14-10-20(7-8-23-14)17(22)15-5-3-4-6-16(15)21-12-18-11-19-21/h3-6,11-14H,7-10H2,1-2H3. The van der Waals surface area contributed by atoms with Gasteiger partial charge in [-0.1, -0.05) is 26.0 Å². The van der Waals surface area contributed by atoms with Gasteiger partial charge in [0.15, 0.2) is 0 Å². The van der Waals surface area contributed by atoms with Crippen LogP contribution in [0.5, 0.6) is 0 Å². The molecular formula is C17H22N4O2. The van der Waals surface area contributed by atoms with Crippen LogP contribution in [0.4, 0.5) is 0 Å². The van der Waals surface area contributed by atoms with E-state index in [2.05, 4.69) is 23.9 Å². The molecule has 0 aliphatic carbocycles. The number of nitrogens with zero attached hydrogens (tertiary/aromatic N) is 4. The summed E-state index contributed by atoms with van der Waals surface area (Å²) in [6.45, 7) is 6.20. The second-order valence-corrected chi connectivity index (χ2v) is 6.23. The average Bonchev–Trinajstić information content (AvgIpc) is 3.08. The van der Waals surface area contributed by atoms with E-state index in [9.17, 15) is 4.79 Å². The van der Waals surface area contributed by atoms with E-state index < -0.39 is 0 Å². The third-order valence-corrected chi connectivity index (χ3v) is 3.96. The topological polar surface area (TPSA) is 60.2 Å². The second kappa shape index (κ2) is 6.91. The lowest BCUT2D eigenvalue weighted by atomic mass is 10.0. The zero-order valence-electron chi connectivity index (χ0n) is 13.6. The van der Waals surface area contributed by atoms with Gasteiger partial charge in [-0.25, -0.2) is 9.67 Å². The van der Waals surface area contributed by atoms with Crippen LogP contribution in [0, 0.1) is 5.92 Å². The minimum atomic E-state index is 0.0214. The smallest absolute Gasteiger partial charge is 0.256 e. The van der Waals surface area contributed by atoms with E-state index in [0.717, 1.165) is 12.1 Å². The largest absolute Gasteiger partial charge is 0.375 e. The number of aromatic nitrogens is 3. The van der Waals surface area contributed by atoms with Crippen LogP contribution in [0.1, 0.15) is 30.6 Å². The molecule has 23 heavy (non-hydrogen) atoms. The van der Waals surface area contributed by atoms with E-state index >= 15 is 0 Å². The van der Waals surface area contributed by atoms with Crippen LogP contribution in [-0.4, -0.2) is 51.4 Å². The number of para-hydroxylation sites is 1. The van der Waals surface area contributed by atoms with Gasteiger partial charge in [-0.3, -0.25) is 4.79 Å².